The number of hydrogen-bond donors (Lipinski definition) is 2. The summed E-state index contributed by atoms with van der Waals surface area (Å²) in [5, 5.41) is -0.0149. The van der Waals surface area contributed by atoms with Crippen LogP contribution in [-0.2, 0) is 5.54 Å². The van der Waals surface area contributed by atoms with E-state index in [1.807, 2.05) is 0 Å². The molecule has 1 aromatic heterocycles. The molecule has 3 rings (SSSR count). The van der Waals surface area contributed by atoms with Gasteiger partial charge in [-0.3, -0.25) is 10.7 Å². The van der Waals surface area contributed by atoms with Crippen LogP contribution in [0.2, 0.25) is 5.02 Å². The molecular formula is C13H11ClFN3O. The molecule has 0 saturated heterocycles. The van der Waals surface area contributed by atoms with Crippen molar-refractivity contribution in [3.8, 4) is 5.75 Å². The predicted octanol–water partition coefficient (Wildman–Crippen LogP) is 1.75. The molecule has 0 amide bonds. The Balaban J connectivity index is 2.19. The van der Waals surface area contributed by atoms with E-state index in [0.29, 0.717) is 17.0 Å². The number of nitrogens with two attached hydrogens (primary N) is 2. The molecule has 2 aromatic rings. The Bertz CT molecular complexity index is 652. The number of aromatic nitrogens is 1. The third-order valence-electron chi connectivity index (χ3n) is 3.26. The van der Waals surface area contributed by atoms with Gasteiger partial charge in [0.1, 0.15) is 22.8 Å². The SMILES string of the molecule is NC1Oc2cccnc2C1(N)c1ccc(F)c(Cl)c1. The van der Waals surface area contributed by atoms with Crippen LogP contribution < -0.4 is 16.2 Å². The van der Waals surface area contributed by atoms with E-state index in [9.17, 15) is 4.39 Å². The minimum absolute atomic E-state index is 0.0149. The van der Waals surface area contributed by atoms with Crippen LogP contribution in [0.5, 0.6) is 5.75 Å². The topological polar surface area (TPSA) is 74.2 Å². The lowest BCUT2D eigenvalue weighted by molar-refractivity contribution is 0.177. The van der Waals surface area contributed by atoms with Gasteiger partial charge >= 0.3 is 0 Å². The number of fused-ring (bicyclic) bond motifs is 1. The van der Waals surface area contributed by atoms with Gasteiger partial charge < -0.3 is 10.5 Å². The lowest BCUT2D eigenvalue weighted by atomic mass is 9.87. The predicted molar refractivity (Wildman–Crippen MR) is 69.2 cm³/mol. The maximum absolute atomic E-state index is 13.3. The lowest BCUT2D eigenvalue weighted by Gasteiger charge is -2.27. The first-order valence-corrected chi connectivity index (χ1v) is 6.03. The first-order chi connectivity index (χ1) is 9.03. The molecule has 4 nitrogen and oxygen atoms in total. The van der Waals surface area contributed by atoms with Gasteiger partial charge in [-0.1, -0.05) is 17.7 Å². The Morgan fingerprint density at radius 1 is 1.37 bits per heavy atom. The fourth-order valence-corrected chi connectivity index (χ4v) is 2.40. The highest BCUT2D eigenvalue weighted by Crippen LogP contribution is 2.41. The van der Waals surface area contributed by atoms with E-state index in [-0.39, 0.29) is 5.02 Å². The van der Waals surface area contributed by atoms with Crippen LogP contribution >= 0.6 is 11.6 Å². The first-order valence-electron chi connectivity index (χ1n) is 5.65. The summed E-state index contributed by atoms with van der Waals surface area (Å²) in [5.41, 5.74) is 12.3. The Labute approximate surface area is 114 Å². The number of ether oxygens (including phenoxy) is 1. The molecular weight excluding hydrogens is 269 g/mol. The summed E-state index contributed by atoms with van der Waals surface area (Å²) in [6.07, 6.45) is 0.798. The van der Waals surface area contributed by atoms with E-state index in [1.165, 1.54) is 18.2 Å². The second-order valence-corrected chi connectivity index (χ2v) is 4.79. The van der Waals surface area contributed by atoms with E-state index < -0.39 is 17.6 Å². The number of rotatable bonds is 1. The summed E-state index contributed by atoms with van der Waals surface area (Å²) in [6.45, 7) is 0. The van der Waals surface area contributed by atoms with E-state index in [2.05, 4.69) is 4.98 Å². The van der Waals surface area contributed by atoms with Gasteiger partial charge in [0.2, 0.25) is 0 Å². The molecule has 6 heteroatoms. The molecule has 2 unspecified atom stereocenters. The highest BCUT2D eigenvalue weighted by molar-refractivity contribution is 6.30. The second kappa shape index (κ2) is 4.16. The summed E-state index contributed by atoms with van der Waals surface area (Å²) in [7, 11) is 0. The monoisotopic (exact) mass is 279 g/mol. The van der Waals surface area contributed by atoms with Crippen molar-refractivity contribution in [2.75, 3.05) is 0 Å². The van der Waals surface area contributed by atoms with Gasteiger partial charge in [0.25, 0.3) is 0 Å². The van der Waals surface area contributed by atoms with E-state index in [4.69, 9.17) is 27.8 Å². The lowest BCUT2D eigenvalue weighted by Crippen LogP contribution is -2.52. The molecule has 1 aliphatic rings. The molecule has 2 atom stereocenters. The number of hydrogen-bond acceptors (Lipinski definition) is 4. The minimum Gasteiger partial charge on any atom is -0.471 e. The average molecular weight is 280 g/mol. The first kappa shape index (κ1) is 12.3. The Kier molecular flexibility index (Phi) is 2.70. The van der Waals surface area contributed by atoms with Gasteiger partial charge in [0, 0.05) is 6.20 Å². The fourth-order valence-electron chi connectivity index (χ4n) is 2.22. The standard InChI is InChI=1S/C13H11ClFN3O/c14-8-6-7(3-4-9(8)15)13(17)11-10(19-12(13)16)2-1-5-18-11/h1-6,12H,16-17H2. The van der Waals surface area contributed by atoms with Crippen LogP contribution in [0, 0.1) is 5.82 Å². The van der Waals surface area contributed by atoms with Gasteiger partial charge in [-0.05, 0) is 29.8 Å². The zero-order chi connectivity index (χ0) is 13.6. The highest BCUT2D eigenvalue weighted by Gasteiger charge is 2.47. The molecule has 98 valence electrons. The van der Waals surface area contributed by atoms with Crippen molar-refractivity contribution in [1.82, 2.24) is 4.98 Å². The molecule has 1 aliphatic heterocycles. The largest absolute Gasteiger partial charge is 0.471 e. The van der Waals surface area contributed by atoms with Crippen LogP contribution in [0.4, 0.5) is 4.39 Å². The van der Waals surface area contributed by atoms with Gasteiger partial charge in [-0.2, -0.15) is 0 Å². The molecule has 0 aliphatic carbocycles. The summed E-state index contributed by atoms with van der Waals surface area (Å²) in [5.74, 6) is 0.0145. The number of benzene rings is 1. The van der Waals surface area contributed by atoms with Crippen molar-refractivity contribution in [2.45, 2.75) is 11.8 Å². The zero-order valence-corrected chi connectivity index (χ0v) is 10.6. The summed E-state index contributed by atoms with van der Waals surface area (Å²) < 4.78 is 18.8. The Morgan fingerprint density at radius 3 is 2.89 bits per heavy atom. The van der Waals surface area contributed by atoms with E-state index >= 15 is 0 Å². The normalized spacial score (nSPS) is 24.9. The maximum atomic E-state index is 13.3. The van der Waals surface area contributed by atoms with Gasteiger partial charge in [-0.15, -0.1) is 0 Å². The van der Waals surface area contributed by atoms with Crippen molar-refractivity contribution >= 4 is 11.6 Å². The van der Waals surface area contributed by atoms with Crippen molar-refractivity contribution in [3.63, 3.8) is 0 Å². The third kappa shape index (κ3) is 1.70. The molecule has 0 saturated carbocycles. The molecule has 2 heterocycles. The summed E-state index contributed by atoms with van der Waals surface area (Å²) >= 11 is 5.80. The fraction of sp³-hybridized carbons (Fsp3) is 0.154. The quantitative estimate of drug-likeness (QED) is 0.834. The Morgan fingerprint density at radius 2 is 2.16 bits per heavy atom. The average Bonchev–Trinajstić information content (AvgIpc) is 2.66. The second-order valence-electron chi connectivity index (χ2n) is 4.39. The zero-order valence-electron chi connectivity index (χ0n) is 9.81. The van der Waals surface area contributed by atoms with Crippen LogP contribution in [0.1, 0.15) is 11.3 Å². The number of nitrogens with zero attached hydrogens (tertiary/aromatic N) is 1. The van der Waals surface area contributed by atoms with Crippen LogP contribution in [-0.4, -0.2) is 11.2 Å². The van der Waals surface area contributed by atoms with Gasteiger partial charge in [0.15, 0.2) is 6.23 Å². The van der Waals surface area contributed by atoms with E-state index in [1.54, 1.807) is 18.3 Å². The molecule has 0 bridgehead atoms. The van der Waals surface area contributed by atoms with E-state index in [0.717, 1.165) is 0 Å². The van der Waals surface area contributed by atoms with Crippen molar-refractivity contribution in [3.05, 3.63) is 58.6 Å². The molecule has 0 radical (unpaired) electrons. The third-order valence-corrected chi connectivity index (χ3v) is 3.55. The van der Waals surface area contributed by atoms with Crippen molar-refractivity contribution < 1.29 is 9.13 Å². The number of pyridine rings is 1. The smallest absolute Gasteiger partial charge is 0.176 e. The molecule has 1 aromatic carbocycles. The molecule has 0 spiro atoms. The number of halogens is 2. The molecule has 0 fully saturated rings. The van der Waals surface area contributed by atoms with Crippen LogP contribution in [0.3, 0.4) is 0 Å². The van der Waals surface area contributed by atoms with Gasteiger partial charge in [-0.25, -0.2) is 4.39 Å². The minimum atomic E-state index is -1.14. The van der Waals surface area contributed by atoms with Crippen molar-refractivity contribution in [1.29, 1.82) is 0 Å². The van der Waals surface area contributed by atoms with Crippen molar-refractivity contribution in [2.24, 2.45) is 11.5 Å². The van der Waals surface area contributed by atoms with Crippen LogP contribution in [0.15, 0.2) is 36.5 Å². The molecule has 4 N–H and O–H groups in total. The van der Waals surface area contributed by atoms with Gasteiger partial charge in [0.05, 0.1) is 5.02 Å². The molecule has 19 heavy (non-hydrogen) atoms. The Hall–Kier alpha value is -1.69. The highest BCUT2D eigenvalue weighted by atomic mass is 35.5. The van der Waals surface area contributed by atoms with Crippen LogP contribution in [0.25, 0.3) is 0 Å². The maximum Gasteiger partial charge on any atom is 0.176 e. The summed E-state index contributed by atoms with van der Waals surface area (Å²) in [6, 6.07) is 7.70. The summed E-state index contributed by atoms with van der Waals surface area (Å²) in [4.78, 5) is 4.22.